The van der Waals surface area contributed by atoms with Crippen LogP contribution in [0.1, 0.15) is 93.0 Å². The summed E-state index contributed by atoms with van der Waals surface area (Å²) < 4.78 is 26.0. The molecule has 4 aliphatic rings. The number of aldehydes is 1. The van der Waals surface area contributed by atoms with Crippen molar-refractivity contribution in [3.8, 4) is 23.0 Å². The van der Waals surface area contributed by atoms with Crippen molar-refractivity contribution in [1.82, 2.24) is 4.90 Å². The number of aliphatic hydroxyl groups excluding tert-OH is 2. The van der Waals surface area contributed by atoms with Crippen LogP contribution in [0.15, 0.2) is 65.9 Å². The van der Waals surface area contributed by atoms with Gasteiger partial charge in [0.05, 0.1) is 30.9 Å². The lowest BCUT2D eigenvalue weighted by Crippen LogP contribution is -2.70. The predicted molar refractivity (Wildman–Crippen MR) is 205 cm³/mol. The molecule has 2 aromatic carbocycles. The molecule has 0 bridgehead atoms. The number of nitrogens with zero attached hydrogens (tertiary/aromatic N) is 2. The van der Waals surface area contributed by atoms with E-state index in [-0.39, 0.29) is 55.3 Å². The Morgan fingerprint density at radius 1 is 1.06 bits per heavy atom. The molecular formula is C43H56N2O9. The normalized spacial score (nSPS) is 26.1. The van der Waals surface area contributed by atoms with Crippen molar-refractivity contribution in [2.75, 3.05) is 40.6 Å². The number of fused-ring (bicyclic) bond motifs is 2. The van der Waals surface area contributed by atoms with Crippen LogP contribution in [0.4, 0.5) is 0 Å². The van der Waals surface area contributed by atoms with Gasteiger partial charge in [-0.25, -0.2) is 0 Å². The van der Waals surface area contributed by atoms with Gasteiger partial charge in [0, 0.05) is 43.6 Å². The highest BCUT2D eigenvalue weighted by Gasteiger charge is 2.65. The minimum Gasteiger partial charge on any atom is -0.496 e. The molecule has 2 N–H and O–H groups in total. The van der Waals surface area contributed by atoms with Gasteiger partial charge in [-0.1, -0.05) is 37.1 Å². The zero-order chi connectivity index (χ0) is 38.2. The van der Waals surface area contributed by atoms with Crippen molar-refractivity contribution >= 4 is 17.9 Å². The van der Waals surface area contributed by atoms with Gasteiger partial charge in [0.15, 0.2) is 6.29 Å². The van der Waals surface area contributed by atoms with Crippen LogP contribution < -0.4 is 14.2 Å². The summed E-state index contributed by atoms with van der Waals surface area (Å²) in [4.78, 5) is 33.6. The second-order valence-electron chi connectivity index (χ2n) is 14.9. The topological polar surface area (TPSA) is 136 Å². The number of rotatable bonds is 20. The molecule has 0 unspecified atom stereocenters. The first-order chi connectivity index (χ1) is 26.4. The zero-order valence-electron chi connectivity index (χ0n) is 31.9. The quantitative estimate of drug-likeness (QED) is 0.0624. The number of carbonyl (C=O) groups excluding carboxylic acids is 2. The number of hydrogen-bond donors (Lipinski definition) is 2. The van der Waals surface area contributed by atoms with Crippen molar-refractivity contribution in [3.05, 3.63) is 71.8 Å². The molecule has 0 spiro atoms. The summed E-state index contributed by atoms with van der Waals surface area (Å²) in [5.74, 6) is 0.703. The van der Waals surface area contributed by atoms with E-state index in [0.29, 0.717) is 54.4 Å². The van der Waals surface area contributed by atoms with Gasteiger partial charge in [0.25, 0.3) is 0 Å². The van der Waals surface area contributed by atoms with E-state index in [1.807, 2.05) is 23.1 Å². The highest BCUT2D eigenvalue weighted by atomic mass is 16.7. The summed E-state index contributed by atoms with van der Waals surface area (Å²) in [5.41, 5.74) is 3.11. The molecule has 6 atom stereocenters. The largest absolute Gasteiger partial charge is 0.496 e. The molecule has 11 heteroatoms. The first kappa shape index (κ1) is 39.5. The minimum absolute atomic E-state index is 0.00897. The molecule has 0 saturated heterocycles. The maximum absolute atomic E-state index is 14.2. The van der Waals surface area contributed by atoms with Gasteiger partial charge in [-0.3, -0.25) is 9.59 Å². The zero-order valence-corrected chi connectivity index (χ0v) is 31.9. The third-order valence-electron chi connectivity index (χ3n) is 11.5. The Morgan fingerprint density at radius 2 is 1.80 bits per heavy atom. The monoisotopic (exact) mass is 744 g/mol. The molecule has 11 nitrogen and oxygen atoms in total. The SMILES string of the molecule is C=CCO[C@@]12Oc3ccc(Oc4ccc(OC)c(C=O)c4)cc3[C@H]3[C@H](CCCCO)[C@@H](CCCCO)C=C(C(=NOC)C[C@@H]1N(CCC)C(=O)C1CC1)[C@H]32. The Kier molecular flexibility index (Phi) is 13.1. The van der Waals surface area contributed by atoms with Crippen LogP contribution in [0.5, 0.6) is 23.0 Å². The number of ether oxygens (including phenoxy) is 4. The summed E-state index contributed by atoms with van der Waals surface area (Å²) in [6.07, 6.45) is 12.5. The molecule has 1 amide bonds. The van der Waals surface area contributed by atoms with Crippen molar-refractivity contribution in [2.24, 2.45) is 28.8 Å². The van der Waals surface area contributed by atoms with Crippen molar-refractivity contribution in [3.63, 3.8) is 0 Å². The van der Waals surface area contributed by atoms with Crippen LogP contribution in [0.3, 0.4) is 0 Å². The number of aliphatic hydroxyl groups is 2. The number of unbranched alkanes of at least 4 members (excludes halogenated alkanes) is 2. The Bertz CT molecular complexity index is 1700. The second-order valence-corrected chi connectivity index (χ2v) is 14.9. The van der Waals surface area contributed by atoms with Crippen LogP contribution >= 0.6 is 0 Å². The molecule has 0 aromatic heterocycles. The van der Waals surface area contributed by atoms with Crippen molar-refractivity contribution in [2.45, 2.75) is 88.9 Å². The van der Waals surface area contributed by atoms with Gasteiger partial charge in [-0.05, 0) is 98.8 Å². The van der Waals surface area contributed by atoms with Gasteiger partial charge in [0.2, 0.25) is 11.7 Å². The highest BCUT2D eigenvalue weighted by Crippen LogP contribution is 2.62. The molecule has 2 aromatic rings. The molecule has 6 rings (SSSR count). The average Bonchev–Trinajstić information content (AvgIpc) is 4.04. The number of carbonyl (C=O) groups is 2. The third kappa shape index (κ3) is 7.95. The van der Waals surface area contributed by atoms with E-state index in [0.717, 1.165) is 68.1 Å². The number of hydrogen-bond acceptors (Lipinski definition) is 10. The van der Waals surface area contributed by atoms with E-state index in [1.54, 1.807) is 31.4 Å². The van der Waals surface area contributed by atoms with Crippen LogP contribution in [-0.2, 0) is 14.4 Å². The Morgan fingerprint density at radius 3 is 2.46 bits per heavy atom. The van der Waals surface area contributed by atoms with Crippen LogP contribution in [0.2, 0.25) is 0 Å². The molecule has 0 radical (unpaired) electrons. The lowest BCUT2D eigenvalue weighted by molar-refractivity contribution is -0.257. The molecule has 292 valence electrons. The Hall–Kier alpha value is -4.19. The summed E-state index contributed by atoms with van der Waals surface area (Å²) in [5, 5.41) is 24.3. The Balaban J connectivity index is 1.56. The van der Waals surface area contributed by atoms with Gasteiger partial charge in [-0.2, -0.15) is 0 Å². The maximum Gasteiger partial charge on any atom is 0.239 e. The first-order valence-electron chi connectivity index (χ1n) is 19.6. The van der Waals surface area contributed by atoms with E-state index in [2.05, 4.69) is 24.7 Å². The molecule has 2 fully saturated rings. The van der Waals surface area contributed by atoms with E-state index in [9.17, 15) is 19.8 Å². The molecule has 54 heavy (non-hydrogen) atoms. The van der Waals surface area contributed by atoms with E-state index in [1.165, 1.54) is 7.11 Å². The van der Waals surface area contributed by atoms with E-state index < -0.39 is 11.8 Å². The minimum atomic E-state index is -1.27. The Labute approximate surface area is 318 Å². The van der Waals surface area contributed by atoms with Crippen molar-refractivity contribution in [1.29, 1.82) is 0 Å². The fourth-order valence-electron chi connectivity index (χ4n) is 9.05. The van der Waals surface area contributed by atoms with Crippen LogP contribution in [-0.4, -0.2) is 85.4 Å². The van der Waals surface area contributed by atoms with Gasteiger partial charge in [0.1, 0.15) is 36.1 Å². The maximum atomic E-state index is 14.2. The second kappa shape index (κ2) is 18.0. The number of benzene rings is 2. The highest BCUT2D eigenvalue weighted by molar-refractivity contribution is 6.03. The number of amides is 1. The third-order valence-corrected chi connectivity index (χ3v) is 11.5. The number of methoxy groups -OCH3 is 1. The lowest BCUT2D eigenvalue weighted by Gasteiger charge is -2.60. The molecule has 1 aliphatic heterocycles. The summed E-state index contributed by atoms with van der Waals surface area (Å²) in [6, 6.07) is 10.5. The number of allylic oxidation sites excluding steroid dienone is 1. The summed E-state index contributed by atoms with van der Waals surface area (Å²) in [6.45, 7) is 7.08. The van der Waals surface area contributed by atoms with E-state index >= 15 is 0 Å². The van der Waals surface area contributed by atoms with Gasteiger partial charge in [-0.15, -0.1) is 6.58 Å². The molecule has 3 aliphatic carbocycles. The lowest BCUT2D eigenvalue weighted by atomic mass is 9.55. The number of oxime groups is 1. The molecular weight excluding hydrogens is 688 g/mol. The summed E-state index contributed by atoms with van der Waals surface area (Å²) >= 11 is 0. The fraction of sp³-hybridized carbons (Fsp3) is 0.558. The van der Waals surface area contributed by atoms with Crippen molar-refractivity contribution < 1.29 is 43.6 Å². The molecule has 1 heterocycles. The molecule has 2 saturated carbocycles. The smallest absolute Gasteiger partial charge is 0.239 e. The van der Waals surface area contributed by atoms with E-state index in [4.69, 9.17) is 23.8 Å². The van der Waals surface area contributed by atoms with Crippen LogP contribution in [0.25, 0.3) is 0 Å². The predicted octanol–water partition coefficient (Wildman–Crippen LogP) is 7.21. The average molecular weight is 745 g/mol. The first-order valence-corrected chi connectivity index (χ1v) is 19.6. The standard InChI is InChI=1S/C43H56N2O9/c1-5-19-45(42(49)28-13-14-28)39-26-36(44-51-4)34-24-29(11-7-9-20-46)33(12-8-10-21-47)40-35-25-32(53-31-15-17-37(50-3)30(23-31)27-48)16-18-38(35)54-43(39,41(34)40)52-22-6-2/h6,15-18,23-25,27-29,33,39-41,46-47H,2,5,7-14,19-22,26H2,1,3-4H3/t29-,33+,39-,40+,41+,43+/m0/s1. The van der Waals surface area contributed by atoms with Gasteiger partial charge >= 0.3 is 0 Å². The summed E-state index contributed by atoms with van der Waals surface area (Å²) in [7, 11) is 3.08. The fourth-order valence-corrected chi connectivity index (χ4v) is 9.05. The van der Waals surface area contributed by atoms with Crippen LogP contribution in [0, 0.1) is 23.7 Å². The van der Waals surface area contributed by atoms with Gasteiger partial charge < -0.3 is 38.9 Å².